The zero-order valence-electron chi connectivity index (χ0n) is 10.9. The number of nitrogens with two attached hydrogens (primary N) is 1. The van der Waals surface area contributed by atoms with Gasteiger partial charge in [0.1, 0.15) is 5.82 Å². The van der Waals surface area contributed by atoms with Gasteiger partial charge >= 0.3 is 0 Å². The Labute approximate surface area is 112 Å². The van der Waals surface area contributed by atoms with Crippen molar-refractivity contribution in [1.82, 2.24) is 4.90 Å². The summed E-state index contributed by atoms with van der Waals surface area (Å²) >= 11 is 0. The molecular weight excluding hydrogens is 243 g/mol. The van der Waals surface area contributed by atoms with E-state index in [9.17, 15) is 9.18 Å². The van der Waals surface area contributed by atoms with Crippen LogP contribution in [0.1, 0.15) is 24.5 Å². The number of amides is 1. The molecule has 0 aromatic heterocycles. The Bertz CT molecular complexity index is 545. The van der Waals surface area contributed by atoms with E-state index in [1.165, 1.54) is 12.1 Å². The molecule has 1 heterocycles. The molecule has 100 valence electrons. The zero-order chi connectivity index (χ0) is 13.8. The minimum Gasteiger partial charge on any atom is -0.338 e. The van der Waals surface area contributed by atoms with Gasteiger partial charge in [0, 0.05) is 25.1 Å². The zero-order valence-corrected chi connectivity index (χ0v) is 10.9. The van der Waals surface area contributed by atoms with Crippen molar-refractivity contribution >= 4 is 5.91 Å². The lowest BCUT2D eigenvalue weighted by atomic mass is 10.1. The Kier molecular flexibility index (Phi) is 4.18. The van der Waals surface area contributed by atoms with Crippen LogP contribution in [0.5, 0.6) is 0 Å². The van der Waals surface area contributed by atoms with Crippen molar-refractivity contribution in [3.05, 3.63) is 35.1 Å². The molecule has 19 heavy (non-hydrogen) atoms. The third kappa shape index (κ3) is 3.33. The summed E-state index contributed by atoms with van der Waals surface area (Å²) in [4.78, 5) is 13.6. The van der Waals surface area contributed by atoms with Crippen LogP contribution in [0.25, 0.3) is 0 Å². The lowest BCUT2D eigenvalue weighted by Crippen LogP contribution is -2.24. The Hall–Kier alpha value is -1.86. The first-order chi connectivity index (χ1) is 9.10. The highest BCUT2D eigenvalue weighted by Gasteiger charge is 2.26. The predicted molar refractivity (Wildman–Crippen MR) is 71.5 cm³/mol. The van der Waals surface area contributed by atoms with Crippen LogP contribution in [0.3, 0.4) is 0 Å². The van der Waals surface area contributed by atoms with E-state index in [2.05, 4.69) is 18.8 Å². The first-order valence-corrected chi connectivity index (χ1v) is 6.35. The molecule has 1 fully saturated rings. The Morgan fingerprint density at radius 2 is 2.32 bits per heavy atom. The summed E-state index contributed by atoms with van der Waals surface area (Å²) in [5.74, 6) is 5.79. The average Bonchev–Trinajstić information content (AvgIpc) is 2.68. The van der Waals surface area contributed by atoms with Gasteiger partial charge in [0.05, 0.1) is 6.54 Å². The first kappa shape index (κ1) is 13.6. The van der Waals surface area contributed by atoms with E-state index >= 15 is 0 Å². The average molecular weight is 260 g/mol. The van der Waals surface area contributed by atoms with E-state index in [0.29, 0.717) is 24.4 Å². The number of carbonyl (C=O) groups excluding carboxylic acids is 1. The monoisotopic (exact) mass is 260 g/mol. The van der Waals surface area contributed by atoms with Crippen LogP contribution in [0, 0.1) is 23.6 Å². The first-order valence-electron chi connectivity index (χ1n) is 6.35. The van der Waals surface area contributed by atoms with E-state index in [4.69, 9.17) is 5.73 Å². The van der Waals surface area contributed by atoms with Gasteiger partial charge in [-0.15, -0.1) is 0 Å². The number of benzene rings is 1. The van der Waals surface area contributed by atoms with Crippen LogP contribution in [0.15, 0.2) is 18.2 Å². The fraction of sp³-hybridized carbons (Fsp3) is 0.400. The van der Waals surface area contributed by atoms with Crippen molar-refractivity contribution < 1.29 is 9.18 Å². The molecular formula is C15H17FN2O. The van der Waals surface area contributed by atoms with Crippen molar-refractivity contribution in [3.8, 4) is 11.8 Å². The van der Waals surface area contributed by atoms with Gasteiger partial charge in [0.25, 0.3) is 0 Å². The van der Waals surface area contributed by atoms with Gasteiger partial charge < -0.3 is 10.6 Å². The third-order valence-electron chi connectivity index (χ3n) is 3.17. The maximum atomic E-state index is 13.2. The molecule has 1 aliphatic rings. The van der Waals surface area contributed by atoms with Crippen LogP contribution >= 0.6 is 0 Å². The van der Waals surface area contributed by atoms with E-state index in [1.54, 1.807) is 11.0 Å². The van der Waals surface area contributed by atoms with Crippen molar-refractivity contribution in [1.29, 1.82) is 0 Å². The van der Waals surface area contributed by atoms with Crippen molar-refractivity contribution in [2.45, 2.75) is 19.9 Å². The van der Waals surface area contributed by atoms with Gasteiger partial charge in [-0.05, 0) is 23.6 Å². The van der Waals surface area contributed by atoms with Crippen molar-refractivity contribution in [2.75, 3.05) is 13.1 Å². The molecule has 1 aromatic carbocycles. The molecule has 2 rings (SSSR count). The molecule has 1 unspecified atom stereocenters. The topological polar surface area (TPSA) is 46.3 Å². The van der Waals surface area contributed by atoms with Crippen LogP contribution in [-0.4, -0.2) is 23.9 Å². The number of hydrogen-bond donors (Lipinski definition) is 1. The minimum atomic E-state index is -0.328. The van der Waals surface area contributed by atoms with E-state index in [0.717, 1.165) is 12.1 Å². The van der Waals surface area contributed by atoms with Crippen molar-refractivity contribution in [3.63, 3.8) is 0 Å². The smallest absolute Gasteiger partial charge is 0.223 e. The third-order valence-corrected chi connectivity index (χ3v) is 3.17. The van der Waals surface area contributed by atoms with Gasteiger partial charge in [-0.2, -0.15) is 0 Å². The van der Waals surface area contributed by atoms with E-state index in [-0.39, 0.29) is 18.3 Å². The largest absolute Gasteiger partial charge is 0.338 e. The SMILES string of the molecule is CC1CC(=O)N(Cc2ccc(F)cc2C#CCN)C1. The second-order valence-electron chi connectivity index (χ2n) is 4.89. The number of hydrogen-bond acceptors (Lipinski definition) is 2. The Morgan fingerprint density at radius 1 is 1.53 bits per heavy atom. The van der Waals surface area contributed by atoms with E-state index < -0.39 is 0 Å². The molecule has 1 aliphatic heterocycles. The number of rotatable bonds is 2. The van der Waals surface area contributed by atoms with Crippen LogP contribution in [0.2, 0.25) is 0 Å². The molecule has 0 spiro atoms. The van der Waals surface area contributed by atoms with Gasteiger partial charge in [-0.3, -0.25) is 4.79 Å². The summed E-state index contributed by atoms with van der Waals surface area (Å²) in [6.45, 7) is 3.52. The molecule has 0 aliphatic carbocycles. The highest BCUT2D eigenvalue weighted by molar-refractivity contribution is 5.78. The number of nitrogens with zero attached hydrogens (tertiary/aromatic N) is 1. The molecule has 1 saturated heterocycles. The predicted octanol–water partition coefficient (Wildman–Crippen LogP) is 1.50. The summed E-state index contributed by atoms with van der Waals surface area (Å²) in [6.07, 6.45) is 0.588. The standard InChI is InChI=1S/C15H17FN2O/c1-11-7-15(19)18(9-11)10-13-4-5-14(16)8-12(13)3-2-6-17/h4-5,8,11H,6-7,9-10,17H2,1H3. The highest BCUT2D eigenvalue weighted by Crippen LogP contribution is 2.21. The Morgan fingerprint density at radius 3 is 2.95 bits per heavy atom. The molecule has 0 bridgehead atoms. The van der Waals surface area contributed by atoms with Crippen LogP contribution in [-0.2, 0) is 11.3 Å². The fourth-order valence-corrected chi connectivity index (χ4v) is 2.28. The van der Waals surface area contributed by atoms with Crippen LogP contribution < -0.4 is 5.73 Å². The van der Waals surface area contributed by atoms with Gasteiger partial charge in [0.15, 0.2) is 0 Å². The summed E-state index contributed by atoms with van der Waals surface area (Å²) in [7, 11) is 0. The van der Waals surface area contributed by atoms with Crippen molar-refractivity contribution in [2.24, 2.45) is 11.7 Å². The van der Waals surface area contributed by atoms with Gasteiger partial charge in [-0.1, -0.05) is 24.8 Å². The molecule has 0 radical (unpaired) electrons. The summed E-state index contributed by atoms with van der Waals surface area (Å²) in [5, 5.41) is 0. The second-order valence-corrected chi connectivity index (χ2v) is 4.89. The van der Waals surface area contributed by atoms with Gasteiger partial charge in [-0.25, -0.2) is 4.39 Å². The number of halogens is 1. The molecule has 3 nitrogen and oxygen atoms in total. The number of carbonyl (C=O) groups is 1. The number of likely N-dealkylation sites (tertiary alicyclic amines) is 1. The molecule has 4 heteroatoms. The summed E-state index contributed by atoms with van der Waals surface area (Å²) in [6, 6.07) is 4.47. The molecule has 1 atom stereocenters. The summed E-state index contributed by atoms with van der Waals surface area (Å²) < 4.78 is 13.2. The van der Waals surface area contributed by atoms with Gasteiger partial charge in [0.2, 0.25) is 5.91 Å². The normalized spacial score (nSPS) is 18.4. The minimum absolute atomic E-state index is 0.148. The lowest BCUT2D eigenvalue weighted by Gasteiger charge is -2.17. The lowest BCUT2D eigenvalue weighted by molar-refractivity contribution is -0.128. The fourth-order valence-electron chi connectivity index (χ4n) is 2.28. The maximum Gasteiger partial charge on any atom is 0.223 e. The maximum absolute atomic E-state index is 13.2. The van der Waals surface area contributed by atoms with E-state index in [1.807, 2.05) is 0 Å². The van der Waals surface area contributed by atoms with Crippen LogP contribution in [0.4, 0.5) is 4.39 Å². The second kappa shape index (κ2) is 5.85. The molecule has 1 aromatic rings. The summed E-state index contributed by atoms with van der Waals surface area (Å²) in [5.41, 5.74) is 6.81. The highest BCUT2D eigenvalue weighted by atomic mass is 19.1. The Balaban J connectivity index is 2.22. The molecule has 0 saturated carbocycles. The molecule has 1 amide bonds. The quantitative estimate of drug-likeness (QED) is 0.819. The molecule has 2 N–H and O–H groups in total.